The first-order chi connectivity index (χ1) is 16.4. The summed E-state index contributed by atoms with van der Waals surface area (Å²) < 4.78 is 28.0. The minimum absolute atomic E-state index is 0.0257. The molecule has 10 heteroatoms. The van der Waals surface area contributed by atoms with Crippen molar-refractivity contribution in [1.29, 1.82) is 0 Å². The zero-order valence-electron chi connectivity index (χ0n) is 17.7. The van der Waals surface area contributed by atoms with E-state index in [9.17, 15) is 19.5 Å². The van der Waals surface area contributed by atoms with Crippen molar-refractivity contribution in [2.45, 2.75) is 37.4 Å². The van der Waals surface area contributed by atoms with E-state index in [0.29, 0.717) is 39.5 Å². The van der Waals surface area contributed by atoms with E-state index in [1.807, 2.05) is 0 Å². The van der Waals surface area contributed by atoms with Gasteiger partial charge in [-0.05, 0) is 30.2 Å². The van der Waals surface area contributed by atoms with E-state index >= 15 is 0 Å². The van der Waals surface area contributed by atoms with Gasteiger partial charge in [0, 0.05) is 17.5 Å². The average Bonchev–Trinajstić information content (AvgIpc) is 3.46. The molecule has 0 saturated carbocycles. The number of aryl methyl sites for hydroxylation is 1. The number of hydrogen-bond acceptors (Lipinski definition) is 9. The maximum Gasteiger partial charge on any atom is 0.347 e. The number of carbonyl (C=O) groups excluding carboxylic acids is 2. The van der Waals surface area contributed by atoms with Crippen LogP contribution in [0.25, 0.3) is 11.0 Å². The van der Waals surface area contributed by atoms with E-state index in [1.165, 1.54) is 19.2 Å². The van der Waals surface area contributed by atoms with Crippen molar-refractivity contribution < 1.29 is 38.1 Å². The molecule has 0 spiro atoms. The fourth-order valence-electron chi connectivity index (χ4n) is 4.93. The van der Waals surface area contributed by atoms with Gasteiger partial charge in [-0.25, -0.2) is 9.59 Å². The van der Waals surface area contributed by atoms with Crippen LogP contribution in [-0.2, 0) is 15.9 Å². The molecule has 1 aliphatic carbocycles. The number of halogens is 1. The summed E-state index contributed by atoms with van der Waals surface area (Å²) in [5, 5.41) is 11.9. The van der Waals surface area contributed by atoms with Gasteiger partial charge in [0.05, 0.1) is 29.5 Å². The lowest BCUT2D eigenvalue weighted by Crippen LogP contribution is -2.30. The van der Waals surface area contributed by atoms with Crippen LogP contribution in [0, 0.1) is 0 Å². The second-order valence-electron chi connectivity index (χ2n) is 8.28. The highest BCUT2D eigenvalue weighted by Crippen LogP contribution is 2.52. The zero-order chi connectivity index (χ0) is 23.7. The molecule has 0 radical (unpaired) electrons. The summed E-state index contributed by atoms with van der Waals surface area (Å²) in [7, 11) is 1.46. The third-order valence-corrected chi connectivity index (χ3v) is 6.65. The van der Waals surface area contributed by atoms with Crippen LogP contribution in [-0.4, -0.2) is 42.7 Å². The number of rotatable bonds is 3. The molecule has 34 heavy (non-hydrogen) atoms. The van der Waals surface area contributed by atoms with Gasteiger partial charge in [-0.1, -0.05) is 17.7 Å². The summed E-state index contributed by atoms with van der Waals surface area (Å²) in [6.45, 7) is 0. The SMILES string of the molecule is COc1cc2c(c3oc(=O)c4c(c13)CCC4=O)[C@H]1[C@@H](O2)O[C@@H](OC(=O)c2cccc(Cl)c2)[C@@H]1O. The molecule has 2 aromatic carbocycles. The predicted octanol–water partition coefficient (Wildman–Crippen LogP) is 2.96. The van der Waals surface area contributed by atoms with Crippen molar-refractivity contribution in [2.75, 3.05) is 7.11 Å². The zero-order valence-corrected chi connectivity index (χ0v) is 18.5. The number of ether oxygens (including phenoxy) is 4. The Bertz CT molecular complexity index is 1440. The summed E-state index contributed by atoms with van der Waals surface area (Å²) in [4.78, 5) is 37.4. The minimum Gasteiger partial charge on any atom is -0.496 e. The van der Waals surface area contributed by atoms with Gasteiger partial charge < -0.3 is 23.7 Å². The molecule has 3 aromatic rings. The van der Waals surface area contributed by atoms with Gasteiger partial charge in [-0.15, -0.1) is 0 Å². The molecule has 1 aromatic heterocycles. The van der Waals surface area contributed by atoms with E-state index in [4.69, 9.17) is 35.0 Å². The lowest BCUT2D eigenvalue weighted by molar-refractivity contribution is -0.168. The maximum atomic E-state index is 12.7. The van der Waals surface area contributed by atoms with E-state index in [2.05, 4.69) is 0 Å². The number of fused-ring (bicyclic) bond motifs is 7. The van der Waals surface area contributed by atoms with Crippen molar-refractivity contribution in [3.05, 3.63) is 68.0 Å². The van der Waals surface area contributed by atoms with Crippen LogP contribution in [0.2, 0.25) is 5.02 Å². The number of benzene rings is 2. The molecule has 174 valence electrons. The van der Waals surface area contributed by atoms with Crippen LogP contribution in [0.15, 0.2) is 39.5 Å². The molecule has 0 amide bonds. The van der Waals surface area contributed by atoms with Crippen LogP contribution in [0.3, 0.4) is 0 Å². The molecule has 1 saturated heterocycles. The Morgan fingerprint density at radius 3 is 2.79 bits per heavy atom. The number of aliphatic hydroxyl groups is 1. The molecule has 1 fully saturated rings. The highest BCUT2D eigenvalue weighted by Gasteiger charge is 2.54. The van der Waals surface area contributed by atoms with Crippen molar-refractivity contribution >= 4 is 34.3 Å². The van der Waals surface area contributed by atoms with E-state index < -0.39 is 36.2 Å². The second-order valence-corrected chi connectivity index (χ2v) is 8.72. The first-order valence-corrected chi connectivity index (χ1v) is 11.0. The van der Waals surface area contributed by atoms with E-state index in [1.54, 1.807) is 18.2 Å². The fraction of sp³-hybridized carbons (Fsp3) is 0.292. The molecule has 3 aliphatic rings. The predicted molar refractivity (Wildman–Crippen MR) is 117 cm³/mol. The number of esters is 1. The molecule has 1 N–H and O–H groups in total. The topological polar surface area (TPSA) is 122 Å². The molecule has 9 nitrogen and oxygen atoms in total. The highest BCUT2D eigenvalue weighted by atomic mass is 35.5. The third-order valence-electron chi connectivity index (χ3n) is 6.42. The van der Waals surface area contributed by atoms with Crippen LogP contribution < -0.4 is 15.1 Å². The summed E-state index contributed by atoms with van der Waals surface area (Å²) >= 11 is 5.93. The van der Waals surface area contributed by atoms with Gasteiger partial charge >= 0.3 is 11.6 Å². The van der Waals surface area contributed by atoms with Gasteiger partial charge in [0.25, 0.3) is 0 Å². The number of Topliss-reactive ketones (excluding diaryl/α,β-unsaturated/α-hetero) is 1. The standard InChI is InChI=1S/C24H17ClO9/c1-30-13-8-14-17(20-16(13)11-5-6-12(26)15(11)22(29)32-20)18-19(27)24(34-23(18)31-14)33-21(28)9-3-2-4-10(25)7-9/h2-4,7-8,18-19,23-24,27H,5-6H2,1H3/t18-,19-,23+,24-/m1/s1. The number of ketones is 1. The first-order valence-electron chi connectivity index (χ1n) is 10.6. The summed E-state index contributed by atoms with van der Waals surface area (Å²) in [5.74, 6) is -1.13. The third kappa shape index (κ3) is 2.97. The van der Waals surface area contributed by atoms with Crippen LogP contribution in [0.4, 0.5) is 0 Å². The number of aliphatic hydroxyl groups excluding tert-OH is 1. The van der Waals surface area contributed by atoms with Gasteiger partial charge in [0.15, 0.2) is 5.78 Å². The minimum atomic E-state index is -1.32. The lowest BCUT2D eigenvalue weighted by atomic mass is 9.92. The average molecular weight is 485 g/mol. The summed E-state index contributed by atoms with van der Waals surface area (Å²) in [5.41, 5.74) is 0.581. The van der Waals surface area contributed by atoms with Crippen molar-refractivity contribution in [3.8, 4) is 11.5 Å². The Hall–Kier alpha value is -3.40. The van der Waals surface area contributed by atoms with Crippen LogP contribution in [0.5, 0.6) is 11.5 Å². The molecule has 4 atom stereocenters. The molecule has 0 bridgehead atoms. The number of carbonyl (C=O) groups is 2. The Morgan fingerprint density at radius 2 is 2.03 bits per heavy atom. The summed E-state index contributed by atoms with van der Waals surface area (Å²) in [6, 6.07) is 7.80. The fourth-order valence-corrected chi connectivity index (χ4v) is 5.12. The largest absolute Gasteiger partial charge is 0.496 e. The Kier molecular flexibility index (Phi) is 4.70. The van der Waals surface area contributed by atoms with Crippen molar-refractivity contribution in [1.82, 2.24) is 0 Å². The normalized spacial score (nSPS) is 24.5. The quantitative estimate of drug-likeness (QED) is 0.441. The number of methoxy groups -OCH3 is 1. The van der Waals surface area contributed by atoms with E-state index in [0.717, 1.165) is 0 Å². The molecule has 0 unspecified atom stereocenters. The van der Waals surface area contributed by atoms with E-state index in [-0.39, 0.29) is 28.9 Å². The second kappa shape index (κ2) is 7.56. The Balaban J connectivity index is 1.41. The molecule has 2 aliphatic heterocycles. The monoisotopic (exact) mass is 484 g/mol. The smallest absolute Gasteiger partial charge is 0.347 e. The van der Waals surface area contributed by atoms with Crippen molar-refractivity contribution in [3.63, 3.8) is 0 Å². The lowest BCUT2D eigenvalue weighted by Gasteiger charge is -2.19. The van der Waals surface area contributed by atoms with Gasteiger partial charge in [-0.3, -0.25) is 9.53 Å². The number of hydrogen-bond donors (Lipinski definition) is 1. The van der Waals surface area contributed by atoms with Gasteiger partial charge in [0.2, 0.25) is 12.6 Å². The van der Waals surface area contributed by atoms with Gasteiger partial charge in [-0.2, -0.15) is 0 Å². The highest BCUT2D eigenvalue weighted by molar-refractivity contribution is 6.30. The Labute approximate surface area is 196 Å². The maximum absolute atomic E-state index is 12.7. The molecular weight excluding hydrogens is 468 g/mol. The van der Waals surface area contributed by atoms with Crippen LogP contribution >= 0.6 is 11.6 Å². The van der Waals surface area contributed by atoms with Crippen LogP contribution in [0.1, 0.15) is 44.2 Å². The Morgan fingerprint density at radius 1 is 1.21 bits per heavy atom. The summed E-state index contributed by atoms with van der Waals surface area (Å²) in [6.07, 6.45) is -3.05. The first kappa shape index (κ1) is 21.2. The molecule has 6 rings (SSSR count). The van der Waals surface area contributed by atoms with Crippen molar-refractivity contribution in [2.24, 2.45) is 0 Å². The van der Waals surface area contributed by atoms with Gasteiger partial charge in [0.1, 0.15) is 28.7 Å². The molecule has 3 heterocycles. The molecular formula is C24H17ClO9.